The summed E-state index contributed by atoms with van der Waals surface area (Å²) in [4.78, 5) is 6.66. The van der Waals surface area contributed by atoms with Crippen molar-refractivity contribution in [1.82, 2.24) is 24.6 Å². The summed E-state index contributed by atoms with van der Waals surface area (Å²) in [6.45, 7) is 12.8. The number of aromatic amines is 1. The van der Waals surface area contributed by atoms with E-state index in [9.17, 15) is 0 Å². The third kappa shape index (κ3) is 5.30. The molecule has 0 saturated carbocycles. The summed E-state index contributed by atoms with van der Waals surface area (Å²) in [6.07, 6.45) is 8.83. The first-order valence-corrected chi connectivity index (χ1v) is 9.69. The van der Waals surface area contributed by atoms with Crippen LogP contribution in [0.2, 0.25) is 0 Å². The highest BCUT2D eigenvalue weighted by molar-refractivity contribution is 5.26. The number of hydrogen-bond acceptors (Lipinski definition) is 3. The van der Waals surface area contributed by atoms with Gasteiger partial charge in [-0.15, -0.1) is 0 Å². The molecule has 0 amide bonds. The van der Waals surface area contributed by atoms with Crippen LogP contribution in [0.3, 0.4) is 0 Å². The van der Waals surface area contributed by atoms with Crippen LogP contribution in [-0.2, 0) is 25.0 Å². The zero-order chi connectivity index (χ0) is 19.3. The fourth-order valence-corrected chi connectivity index (χ4v) is 3.46. The molecular weight excluding hydrogens is 334 g/mol. The van der Waals surface area contributed by atoms with Gasteiger partial charge in [0.2, 0.25) is 0 Å². The van der Waals surface area contributed by atoms with Gasteiger partial charge in [-0.2, -0.15) is 5.10 Å². The summed E-state index contributed by atoms with van der Waals surface area (Å²) in [5.74, 6) is 0. The van der Waals surface area contributed by atoms with Crippen LogP contribution in [0.5, 0.6) is 0 Å². The third-order valence-corrected chi connectivity index (χ3v) is 4.97. The fraction of sp³-hybridized carbons (Fsp3) is 0.455. The van der Waals surface area contributed by atoms with E-state index in [0.717, 1.165) is 32.6 Å². The summed E-state index contributed by atoms with van der Waals surface area (Å²) in [6, 6.07) is 8.66. The van der Waals surface area contributed by atoms with E-state index < -0.39 is 0 Å². The average Bonchev–Trinajstić information content (AvgIpc) is 3.28. The van der Waals surface area contributed by atoms with Gasteiger partial charge in [-0.25, -0.2) is 4.98 Å². The number of aromatic nitrogens is 4. The van der Waals surface area contributed by atoms with E-state index in [1.165, 1.54) is 22.4 Å². The van der Waals surface area contributed by atoms with Gasteiger partial charge < -0.3 is 4.57 Å². The summed E-state index contributed by atoms with van der Waals surface area (Å²) in [5, 5.41) is 7.54. The zero-order valence-electron chi connectivity index (χ0n) is 16.9. The predicted octanol–water partition coefficient (Wildman–Crippen LogP) is 4.30. The van der Waals surface area contributed by atoms with Crippen LogP contribution in [0, 0.1) is 6.92 Å². The minimum Gasteiger partial charge on any atom is -0.337 e. The number of imidazole rings is 1. The number of hydrogen-bond donors (Lipinski definition) is 1. The molecule has 0 atom stereocenters. The Morgan fingerprint density at radius 3 is 2.59 bits per heavy atom. The Balaban J connectivity index is 1.72. The Hall–Kier alpha value is -2.40. The van der Waals surface area contributed by atoms with Gasteiger partial charge in [0.25, 0.3) is 0 Å². The monoisotopic (exact) mass is 365 g/mol. The van der Waals surface area contributed by atoms with Crippen LogP contribution >= 0.6 is 0 Å². The summed E-state index contributed by atoms with van der Waals surface area (Å²) < 4.78 is 2.14. The molecule has 0 aliphatic carbocycles. The summed E-state index contributed by atoms with van der Waals surface area (Å²) >= 11 is 0. The Morgan fingerprint density at radius 1 is 1.11 bits per heavy atom. The first-order valence-electron chi connectivity index (χ1n) is 9.69. The highest BCUT2D eigenvalue weighted by Gasteiger charge is 2.21. The van der Waals surface area contributed by atoms with Crippen molar-refractivity contribution in [2.24, 2.45) is 0 Å². The quantitative estimate of drug-likeness (QED) is 0.647. The molecule has 5 nitrogen and oxygen atoms in total. The Morgan fingerprint density at radius 2 is 1.89 bits per heavy atom. The average molecular weight is 366 g/mol. The number of H-pyrrole nitrogens is 1. The molecule has 2 heterocycles. The van der Waals surface area contributed by atoms with E-state index in [4.69, 9.17) is 0 Å². The topological polar surface area (TPSA) is 49.7 Å². The van der Waals surface area contributed by atoms with Crippen molar-refractivity contribution in [1.29, 1.82) is 0 Å². The molecule has 3 rings (SSSR count). The second kappa shape index (κ2) is 8.53. The van der Waals surface area contributed by atoms with Crippen LogP contribution in [-0.4, -0.2) is 31.2 Å². The smallest absolute Gasteiger partial charge is 0.0945 e. The minimum absolute atomic E-state index is 0.0664. The van der Waals surface area contributed by atoms with Crippen molar-refractivity contribution in [3.8, 4) is 0 Å². The van der Waals surface area contributed by atoms with E-state index in [2.05, 4.69) is 76.6 Å². The molecule has 5 heteroatoms. The number of aryl methyl sites for hydroxylation is 2. The van der Waals surface area contributed by atoms with Crippen LogP contribution in [0.4, 0.5) is 0 Å². The normalized spacial score (nSPS) is 12.0. The molecule has 0 bridgehead atoms. The minimum atomic E-state index is 0.0664. The molecule has 1 N–H and O–H groups in total. The Kier molecular flexibility index (Phi) is 6.11. The third-order valence-electron chi connectivity index (χ3n) is 4.97. The van der Waals surface area contributed by atoms with E-state index in [-0.39, 0.29) is 5.41 Å². The molecule has 0 fully saturated rings. The molecule has 1 aromatic carbocycles. The standard InChI is InChI=1S/C22H31N5/c1-18-8-5-6-9-19(18)15-27(12-7-11-26-13-10-23-17-26)16-20-14-24-25-21(20)22(2,3)4/h5-6,8-10,13-14,17H,7,11-12,15-16H2,1-4H3,(H,24,25). The SMILES string of the molecule is Cc1ccccc1CN(CCCn1ccnc1)Cc1cn[nH]c1C(C)(C)C. The molecule has 0 radical (unpaired) electrons. The van der Waals surface area contributed by atoms with Gasteiger partial charge in [0.15, 0.2) is 0 Å². The van der Waals surface area contributed by atoms with Crippen molar-refractivity contribution >= 4 is 0 Å². The van der Waals surface area contributed by atoms with Crippen molar-refractivity contribution in [2.45, 2.75) is 59.2 Å². The second-order valence-corrected chi connectivity index (χ2v) is 8.31. The van der Waals surface area contributed by atoms with Gasteiger partial charge in [0.1, 0.15) is 0 Å². The Bertz CT molecular complexity index is 827. The zero-order valence-corrected chi connectivity index (χ0v) is 16.9. The van der Waals surface area contributed by atoms with Crippen LogP contribution in [0.15, 0.2) is 49.2 Å². The molecule has 0 unspecified atom stereocenters. The molecule has 27 heavy (non-hydrogen) atoms. The lowest BCUT2D eigenvalue weighted by molar-refractivity contribution is 0.246. The predicted molar refractivity (Wildman–Crippen MR) is 109 cm³/mol. The maximum Gasteiger partial charge on any atom is 0.0945 e. The van der Waals surface area contributed by atoms with Crippen molar-refractivity contribution in [3.05, 3.63) is 71.6 Å². The number of rotatable bonds is 8. The first kappa shape index (κ1) is 19.4. The lowest BCUT2D eigenvalue weighted by atomic mass is 9.89. The van der Waals surface area contributed by atoms with Gasteiger partial charge in [-0.3, -0.25) is 10.00 Å². The van der Waals surface area contributed by atoms with E-state index >= 15 is 0 Å². The van der Waals surface area contributed by atoms with Crippen molar-refractivity contribution in [3.63, 3.8) is 0 Å². The van der Waals surface area contributed by atoms with Gasteiger partial charge >= 0.3 is 0 Å². The van der Waals surface area contributed by atoms with E-state index in [1.54, 1.807) is 0 Å². The number of benzene rings is 1. The van der Waals surface area contributed by atoms with Crippen LogP contribution < -0.4 is 0 Å². The summed E-state index contributed by atoms with van der Waals surface area (Å²) in [5.41, 5.74) is 5.32. The van der Waals surface area contributed by atoms with Gasteiger partial charge in [-0.05, 0) is 24.5 Å². The molecule has 2 aromatic heterocycles. The van der Waals surface area contributed by atoms with Gasteiger partial charge in [0, 0.05) is 55.2 Å². The molecule has 3 aromatic rings. The van der Waals surface area contributed by atoms with Gasteiger partial charge in [-0.1, -0.05) is 45.0 Å². The molecule has 0 aliphatic rings. The molecule has 0 aliphatic heterocycles. The maximum absolute atomic E-state index is 4.32. The second-order valence-electron chi connectivity index (χ2n) is 8.31. The van der Waals surface area contributed by atoms with Crippen molar-refractivity contribution < 1.29 is 0 Å². The van der Waals surface area contributed by atoms with Crippen LogP contribution in [0.25, 0.3) is 0 Å². The van der Waals surface area contributed by atoms with Gasteiger partial charge in [0.05, 0.1) is 12.5 Å². The lowest BCUT2D eigenvalue weighted by Gasteiger charge is -2.25. The number of nitrogens with zero attached hydrogens (tertiary/aromatic N) is 4. The Labute approximate surface area is 162 Å². The van der Waals surface area contributed by atoms with Crippen LogP contribution in [0.1, 0.15) is 49.6 Å². The number of nitrogens with one attached hydrogen (secondary N) is 1. The highest BCUT2D eigenvalue weighted by atomic mass is 15.2. The molecular formula is C22H31N5. The highest BCUT2D eigenvalue weighted by Crippen LogP contribution is 2.25. The summed E-state index contributed by atoms with van der Waals surface area (Å²) in [7, 11) is 0. The molecule has 144 valence electrons. The molecule has 0 saturated heterocycles. The van der Waals surface area contributed by atoms with E-state index in [1.807, 2.05) is 24.9 Å². The van der Waals surface area contributed by atoms with Crippen molar-refractivity contribution in [2.75, 3.05) is 6.54 Å². The fourth-order valence-electron chi connectivity index (χ4n) is 3.46. The van der Waals surface area contributed by atoms with E-state index in [0.29, 0.717) is 0 Å². The molecule has 0 spiro atoms. The maximum atomic E-state index is 4.32. The first-order chi connectivity index (χ1) is 12.9. The lowest BCUT2D eigenvalue weighted by Crippen LogP contribution is -2.27. The largest absolute Gasteiger partial charge is 0.337 e.